The Kier molecular flexibility index (Phi) is 6.03. The number of nitriles is 1. The van der Waals surface area contributed by atoms with Crippen molar-refractivity contribution in [1.29, 1.82) is 5.26 Å². The number of nitrogens with zero attached hydrogens (tertiary/aromatic N) is 1. The molecule has 3 nitrogen and oxygen atoms in total. The van der Waals surface area contributed by atoms with Crippen molar-refractivity contribution < 1.29 is 8.96 Å². The highest BCUT2D eigenvalue weighted by Gasteiger charge is 2.35. The van der Waals surface area contributed by atoms with Crippen molar-refractivity contribution in [3.8, 4) is 6.07 Å². The number of hydrogen-bond acceptors (Lipinski definition) is 2. The van der Waals surface area contributed by atoms with E-state index in [0.29, 0.717) is 5.56 Å². The van der Waals surface area contributed by atoms with Crippen LogP contribution >= 0.6 is 7.29 Å². The molecule has 148 valence electrons. The standard InChI is InChI=1S/C24H24FN2OP/c1-16-7-5-8-17(2)23(16)29(28,24-18(3)9-6-10-19(24)4)27-22(15-26)20-11-13-21(25)14-12-20/h5-14,22H,1-4H3,(H,27,28)/t22-/m0/s1. The Hall–Kier alpha value is -2.73. The molecule has 0 aromatic heterocycles. The largest absolute Gasteiger partial charge is 0.296 e. The molecule has 1 atom stereocenters. The van der Waals surface area contributed by atoms with Crippen molar-refractivity contribution in [3.05, 3.63) is 94.3 Å². The summed E-state index contributed by atoms with van der Waals surface area (Å²) in [5, 5.41) is 14.5. The molecule has 0 aliphatic heterocycles. The van der Waals surface area contributed by atoms with Gasteiger partial charge in [-0.3, -0.25) is 4.57 Å². The summed E-state index contributed by atoms with van der Waals surface area (Å²) in [5.41, 5.74) is 4.18. The van der Waals surface area contributed by atoms with Gasteiger partial charge in [-0.1, -0.05) is 48.5 Å². The van der Waals surface area contributed by atoms with Gasteiger partial charge in [0.05, 0.1) is 6.07 Å². The third kappa shape index (κ3) is 4.03. The van der Waals surface area contributed by atoms with E-state index >= 15 is 0 Å². The second-order valence-electron chi connectivity index (χ2n) is 7.33. The van der Waals surface area contributed by atoms with Crippen LogP contribution in [0.2, 0.25) is 0 Å². The van der Waals surface area contributed by atoms with Crippen LogP contribution in [0.25, 0.3) is 0 Å². The van der Waals surface area contributed by atoms with Crippen molar-refractivity contribution in [1.82, 2.24) is 5.09 Å². The minimum Gasteiger partial charge on any atom is -0.296 e. The summed E-state index contributed by atoms with van der Waals surface area (Å²) in [7, 11) is -3.39. The van der Waals surface area contributed by atoms with Gasteiger partial charge in [0, 0.05) is 10.6 Å². The Bertz CT molecular complexity index is 1040. The highest BCUT2D eigenvalue weighted by atomic mass is 31.2. The van der Waals surface area contributed by atoms with E-state index in [-0.39, 0.29) is 5.82 Å². The smallest absolute Gasteiger partial charge is 0.207 e. The summed E-state index contributed by atoms with van der Waals surface area (Å²) in [6.07, 6.45) is 0. The topological polar surface area (TPSA) is 52.9 Å². The second kappa shape index (κ2) is 8.33. The molecule has 1 N–H and O–H groups in total. The van der Waals surface area contributed by atoms with Crippen molar-refractivity contribution in [3.63, 3.8) is 0 Å². The van der Waals surface area contributed by atoms with E-state index in [0.717, 1.165) is 32.9 Å². The zero-order chi connectivity index (χ0) is 21.2. The van der Waals surface area contributed by atoms with Crippen LogP contribution in [0.5, 0.6) is 0 Å². The lowest BCUT2D eigenvalue weighted by Gasteiger charge is -2.29. The first-order valence-corrected chi connectivity index (χ1v) is 11.1. The maximum Gasteiger partial charge on any atom is 0.207 e. The molecule has 3 aromatic rings. The average molecular weight is 406 g/mol. The van der Waals surface area contributed by atoms with Crippen molar-refractivity contribution in [2.24, 2.45) is 0 Å². The quantitative estimate of drug-likeness (QED) is 0.597. The number of rotatable bonds is 5. The van der Waals surface area contributed by atoms with E-state index in [1.54, 1.807) is 12.1 Å². The van der Waals surface area contributed by atoms with E-state index in [1.807, 2.05) is 64.1 Å². The van der Waals surface area contributed by atoms with E-state index in [2.05, 4.69) is 11.2 Å². The molecular weight excluding hydrogens is 382 g/mol. The molecule has 0 aliphatic carbocycles. The van der Waals surface area contributed by atoms with E-state index in [1.165, 1.54) is 12.1 Å². The number of halogens is 1. The van der Waals surface area contributed by atoms with Gasteiger partial charge in [0.15, 0.2) is 0 Å². The number of nitrogens with one attached hydrogen (secondary N) is 1. The number of aryl methyl sites for hydroxylation is 4. The third-order valence-corrected chi connectivity index (χ3v) is 8.44. The molecule has 3 aromatic carbocycles. The molecule has 0 amide bonds. The van der Waals surface area contributed by atoms with Crippen LogP contribution in [0, 0.1) is 44.8 Å². The molecule has 0 unspecified atom stereocenters. The fourth-order valence-corrected chi connectivity index (χ4v) is 7.20. The lowest BCUT2D eigenvalue weighted by Crippen LogP contribution is -2.34. The van der Waals surface area contributed by atoms with Crippen molar-refractivity contribution in [2.75, 3.05) is 0 Å². The van der Waals surface area contributed by atoms with Crippen LogP contribution in [0.3, 0.4) is 0 Å². The van der Waals surface area contributed by atoms with E-state index in [4.69, 9.17) is 0 Å². The third-order valence-electron chi connectivity index (χ3n) is 5.15. The lowest BCUT2D eigenvalue weighted by molar-refractivity contribution is 0.573. The van der Waals surface area contributed by atoms with Crippen LogP contribution < -0.4 is 15.7 Å². The molecule has 0 radical (unpaired) electrons. The van der Waals surface area contributed by atoms with Gasteiger partial charge in [0.2, 0.25) is 7.29 Å². The molecule has 0 heterocycles. The Morgan fingerprint density at radius 2 is 1.24 bits per heavy atom. The molecule has 0 fully saturated rings. The van der Waals surface area contributed by atoms with Gasteiger partial charge in [0.1, 0.15) is 11.9 Å². The first-order chi connectivity index (χ1) is 13.8. The number of benzene rings is 3. The molecule has 0 aliphatic rings. The lowest BCUT2D eigenvalue weighted by atomic mass is 10.1. The fraction of sp³-hybridized carbons (Fsp3) is 0.208. The molecular formula is C24H24FN2OP. The summed E-state index contributed by atoms with van der Waals surface area (Å²) in [6, 6.07) is 18.7. The van der Waals surface area contributed by atoms with Gasteiger partial charge in [-0.05, 0) is 67.6 Å². The van der Waals surface area contributed by atoms with E-state index < -0.39 is 13.3 Å². The van der Waals surface area contributed by atoms with Gasteiger partial charge >= 0.3 is 0 Å². The van der Waals surface area contributed by atoms with Crippen LogP contribution in [-0.4, -0.2) is 0 Å². The Morgan fingerprint density at radius 3 is 1.62 bits per heavy atom. The summed E-state index contributed by atoms with van der Waals surface area (Å²) < 4.78 is 28.1. The highest BCUT2D eigenvalue weighted by Crippen LogP contribution is 2.45. The Labute approximate surface area is 171 Å². The van der Waals surface area contributed by atoms with Gasteiger partial charge in [-0.2, -0.15) is 5.26 Å². The van der Waals surface area contributed by atoms with Gasteiger partial charge in [0.25, 0.3) is 0 Å². The Morgan fingerprint density at radius 1 is 0.828 bits per heavy atom. The van der Waals surface area contributed by atoms with Crippen LogP contribution in [0.4, 0.5) is 4.39 Å². The van der Waals surface area contributed by atoms with Gasteiger partial charge in [-0.25, -0.2) is 9.48 Å². The summed E-state index contributed by atoms with van der Waals surface area (Å²) in [5.74, 6) is -0.377. The SMILES string of the molecule is Cc1cccc(C)c1P(=O)(N[C@@H](C#N)c1ccc(F)cc1)c1c(C)cccc1C. The van der Waals surface area contributed by atoms with Crippen molar-refractivity contribution in [2.45, 2.75) is 33.7 Å². The molecule has 0 saturated heterocycles. The highest BCUT2D eigenvalue weighted by molar-refractivity contribution is 7.77. The molecule has 0 bridgehead atoms. The van der Waals surface area contributed by atoms with Gasteiger partial charge < -0.3 is 0 Å². The Balaban J connectivity index is 2.25. The summed E-state index contributed by atoms with van der Waals surface area (Å²) in [4.78, 5) is 0. The monoisotopic (exact) mass is 406 g/mol. The predicted octanol–water partition coefficient (Wildman–Crippen LogP) is 5.14. The zero-order valence-electron chi connectivity index (χ0n) is 17.0. The normalized spacial score (nSPS) is 12.4. The minimum atomic E-state index is -3.39. The molecule has 29 heavy (non-hydrogen) atoms. The summed E-state index contributed by atoms with van der Waals surface area (Å²) >= 11 is 0. The van der Waals surface area contributed by atoms with Crippen molar-refractivity contribution >= 4 is 17.9 Å². The average Bonchev–Trinajstić information content (AvgIpc) is 2.66. The zero-order valence-corrected chi connectivity index (χ0v) is 17.9. The first-order valence-electron chi connectivity index (χ1n) is 9.44. The molecule has 0 saturated carbocycles. The first kappa shape index (κ1) is 21.0. The fourth-order valence-electron chi connectivity index (χ4n) is 3.86. The maximum absolute atomic E-state index is 14.8. The molecule has 5 heteroatoms. The van der Waals surface area contributed by atoms with Gasteiger partial charge in [-0.15, -0.1) is 0 Å². The van der Waals surface area contributed by atoms with Crippen LogP contribution in [0.1, 0.15) is 33.9 Å². The van der Waals surface area contributed by atoms with Crippen LogP contribution in [-0.2, 0) is 4.57 Å². The minimum absolute atomic E-state index is 0.377. The number of hydrogen-bond donors (Lipinski definition) is 1. The summed E-state index contributed by atoms with van der Waals surface area (Å²) in [6.45, 7) is 7.74. The molecule has 3 rings (SSSR count). The second-order valence-corrected chi connectivity index (χ2v) is 9.70. The maximum atomic E-state index is 14.8. The van der Waals surface area contributed by atoms with E-state index in [9.17, 15) is 14.2 Å². The molecule has 0 spiro atoms. The van der Waals surface area contributed by atoms with Crippen LogP contribution in [0.15, 0.2) is 60.7 Å². The predicted molar refractivity (Wildman–Crippen MR) is 117 cm³/mol.